The van der Waals surface area contributed by atoms with E-state index < -0.39 is 0 Å². The standard InChI is InChI=1S/C49H33NOS/c1-49(2)40-19-10-8-16-34(40)35-25-23-31(27-41(35)49)50(32-24-26-37-36-17-9-11-22-45(36)52-46(37)28-32)42-20-12-21-43-48(42)47-38-18-7-6-15-33(38)39(29-44(47)51-43)30-13-4-3-5-14-30/h3-29H,1-2H3. The van der Waals surface area contributed by atoms with Crippen LogP contribution in [0.3, 0.4) is 0 Å². The molecule has 1 aliphatic carbocycles. The Kier molecular flexibility index (Phi) is 6.21. The van der Waals surface area contributed by atoms with E-state index in [-0.39, 0.29) is 5.41 Å². The molecule has 0 radical (unpaired) electrons. The molecule has 10 aromatic rings. The number of thiophene rings is 1. The molecule has 8 aromatic carbocycles. The number of hydrogen-bond donors (Lipinski definition) is 0. The van der Waals surface area contributed by atoms with Crippen molar-refractivity contribution in [3.63, 3.8) is 0 Å². The van der Waals surface area contributed by atoms with Crippen LogP contribution in [-0.4, -0.2) is 0 Å². The van der Waals surface area contributed by atoms with E-state index in [0.717, 1.165) is 39.0 Å². The number of anilines is 3. The van der Waals surface area contributed by atoms with Gasteiger partial charge >= 0.3 is 0 Å². The van der Waals surface area contributed by atoms with E-state index in [9.17, 15) is 0 Å². The van der Waals surface area contributed by atoms with Crippen LogP contribution >= 0.6 is 11.3 Å². The molecule has 2 aromatic heterocycles. The van der Waals surface area contributed by atoms with Gasteiger partial charge < -0.3 is 9.32 Å². The quantitative estimate of drug-likeness (QED) is 0.184. The van der Waals surface area contributed by atoms with Gasteiger partial charge in [-0.3, -0.25) is 0 Å². The number of benzene rings is 8. The Labute approximate surface area is 305 Å². The smallest absolute Gasteiger partial charge is 0.137 e. The van der Waals surface area contributed by atoms with Crippen molar-refractivity contribution in [2.75, 3.05) is 4.90 Å². The maximum atomic E-state index is 6.82. The Morgan fingerprint density at radius 3 is 2.04 bits per heavy atom. The fourth-order valence-electron chi connectivity index (χ4n) is 8.82. The minimum absolute atomic E-state index is 0.124. The number of furan rings is 1. The van der Waals surface area contributed by atoms with Crippen molar-refractivity contribution in [2.45, 2.75) is 19.3 Å². The fraction of sp³-hybridized carbons (Fsp3) is 0.0612. The first-order valence-corrected chi connectivity index (χ1v) is 18.7. The second-order valence-corrected chi connectivity index (χ2v) is 15.6. The molecule has 0 atom stereocenters. The van der Waals surface area contributed by atoms with Crippen LogP contribution in [0.15, 0.2) is 168 Å². The third kappa shape index (κ3) is 4.17. The summed E-state index contributed by atoms with van der Waals surface area (Å²) in [6, 6.07) is 59.8. The van der Waals surface area contributed by atoms with Crippen molar-refractivity contribution >= 4 is 81.3 Å². The van der Waals surface area contributed by atoms with Crippen LogP contribution in [0.2, 0.25) is 0 Å². The van der Waals surface area contributed by atoms with Crippen LogP contribution < -0.4 is 4.90 Å². The van der Waals surface area contributed by atoms with Crippen LogP contribution in [0.25, 0.3) is 75.1 Å². The highest BCUT2D eigenvalue weighted by Gasteiger charge is 2.36. The second kappa shape index (κ2) is 10.9. The molecule has 11 rings (SSSR count). The van der Waals surface area contributed by atoms with Gasteiger partial charge in [-0.2, -0.15) is 0 Å². The van der Waals surface area contributed by atoms with Crippen molar-refractivity contribution in [3.05, 3.63) is 175 Å². The molecule has 0 fully saturated rings. The Balaban J connectivity index is 1.21. The monoisotopic (exact) mass is 683 g/mol. The molecular weight excluding hydrogens is 651 g/mol. The van der Waals surface area contributed by atoms with E-state index in [1.807, 2.05) is 11.3 Å². The SMILES string of the molecule is CC1(C)c2ccccc2-c2ccc(N(c3ccc4c(c3)sc3ccccc34)c3cccc4oc5cc(-c6ccccc6)c6ccccc6c5c34)cc21. The molecule has 2 nitrogen and oxygen atoms in total. The van der Waals surface area contributed by atoms with E-state index in [1.54, 1.807) is 0 Å². The first-order valence-electron chi connectivity index (χ1n) is 17.9. The lowest BCUT2D eigenvalue weighted by Gasteiger charge is -2.28. The van der Waals surface area contributed by atoms with Gasteiger partial charge in [-0.25, -0.2) is 0 Å². The average molecular weight is 684 g/mol. The number of fused-ring (bicyclic) bond motifs is 11. The molecule has 0 N–H and O–H groups in total. The van der Waals surface area contributed by atoms with Gasteiger partial charge in [-0.15, -0.1) is 11.3 Å². The molecule has 246 valence electrons. The predicted octanol–water partition coefficient (Wildman–Crippen LogP) is 14.6. The lowest BCUT2D eigenvalue weighted by atomic mass is 9.82. The van der Waals surface area contributed by atoms with Crippen molar-refractivity contribution < 1.29 is 4.42 Å². The minimum Gasteiger partial charge on any atom is -0.456 e. The zero-order valence-electron chi connectivity index (χ0n) is 28.9. The number of hydrogen-bond acceptors (Lipinski definition) is 3. The van der Waals surface area contributed by atoms with Gasteiger partial charge in [-0.05, 0) is 92.7 Å². The molecule has 0 unspecified atom stereocenters. The summed E-state index contributed by atoms with van der Waals surface area (Å²) in [5.41, 5.74) is 12.7. The summed E-state index contributed by atoms with van der Waals surface area (Å²) in [6.07, 6.45) is 0. The van der Waals surface area contributed by atoms with Crippen LogP contribution in [-0.2, 0) is 5.41 Å². The number of rotatable bonds is 4. The van der Waals surface area contributed by atoms with Crippen molar-refractivity contribution in [3.8, 4) is 22.3 Å². The molecule has 0 saturated heterocycles. The fourth-order valence-corrected chi connectivity index (χ4v) is 9.96. The topological polar surface area (TPSA) is 16.4 Å². The second-order valence-electron chi connectivity index (χ2n) is 14.5. The van der Waals surface area contributed by atoms with Crippen LogP contribution in [0.4, 0.5) is 17.1 Å². The molecule has 0 spiro atoms. The Morgan fingerprint density at radius 1 is 0.462 bits per heavy atom. The Bertz CT molecular complexity index is 3060. The Morgan fingerprint density at radius 2 is 1.15 bits per heavy atom. The van der Waals surface area contributed by atoms with Gasteiger partial charge in [0, 0.05) is 42.3 Å². The summed E-state index contributed by atoms with van der Waals surface area (Å²) in [6.45, 7) is 4.71. The van der Waals surface area contributed by atoms with Crippen LogP contribution in [0, 0.1) is 0 Å². The molecular formula is C49H33NOS. The largest absolute Gasteiger partial charge is 0.456 e. The van der Waals surface area contributed by atoms with Gasteiger partial charge in [0.15, 0.2) is 0 Å². The first-order chi connectivity index (χ1) is 25.5. The highest BCUT2D eigenvalue weighted by atomic mass is 32.1. The molecule has 0 amide bonds. The molecule has 1 aliphatic rings. The third-order valence-electron chi connectivity index (χ3n) is 11.3. The minimum atomic E-state index is -0.124. The van der Waals surface area contributed by atoms with Crippen LogP contribution in [0.5, 0.6) is 0 Å². The van der Waals surface area contributed by atoms with Crippen molar-refractivity contribution in [2.24, 2.45) is 0 Å². The Hall–Kier alpha value is -6.16. The van der Waals surface area contributed by atoms with Gasteiger partial charge in [0.1, 0.15) is 11.2 Å². The summed E-state index contributed by atoms with van der Waals surface area (Å²) >= 11 is 1.86. The molecule has 0 aliphatic heterocycles. The number of nitrogens with zero attached hydrogens (tertiary/aromatic N) is 1. The zero-order chi connectivity index (χ0) is 34.6. The summed E-state index contributed by atoms with van der Waals surface area (Å²) in [5, 5.41) is 7.27. The molecule has 52 heavy (non-hydrogen) atoms. The summed E-state index contributed by atoms with van der Waals surface area (Å²) in [5.74, 6) is 0. The van der Waals surface area contributed by atoms with Gasteiger partial charge in [-0.1, -0.05) is 129 Å². The zero-order valence-corrected chi connectivity index (χ0v) is 29.7. The third-order valence-corrected chi connectivity index (χ3v) is 12.4. The molecule has 3 heteroatoms. The molecule has 0 bridgehead atoms. The predicted molar refractivity (Wildman–Crippen MR) is 222 cm³/mol. The van der Waals surface area contributed by atoms with Gasteiger partial charge in [0.2, 0.25) is 0 Å². The van der Waals surface area contributed by atoms with E-state index in [1.165, 1.54) is 64.3 Å². The highest BCUT2D eigenvalue weighted by Crippen LogP contribution is 2.52. The van der Waals surface area contributed by atoms with E-state index in [2.05, 4.69) is 183 Å². The summed E-state index contributed by atoms with van der Waals surface area (Å²) in [7, 11) is 0. The van der Waals surface area contributed by atoms with Crippen molar-refractivity contribution in [1.29, 1.82) is 0 Å². The maximum absolute atomic E-state index is 6.82. The average Bonchev–Trinajstić information content (AvgIpc) is 3.83. The maximum Gasteiger partial charge on any atom is 0.137 e. The van der Waals surface area contributed by atoms with E-state index in [0.29, 0.717) is 0 Å². The van der Waals surface area contributed by atoms with Gasteiger partial charge in [0.25, 0.3) is 0 Å². The van der Waals surface area contributed by atoms with Crippen LogP contribution in [0.1, 0.15) is 25.0 Å². The summed E-state index contributed by atoms with van der Waals surface area (Å²) in [4.78, 5) is 2.46. The summed E-state index contributed by atoms with van der Waals surface area (Å²) < 4.78 is 9.41. The molecule has 2 heterocycles. The van der Waals surface area contributed by atoms with E-state index >= 15 is 0 Å². The normalized spacial score (nSPS) is 13.3. The lowest BCUT2D eigenvalue weighted by Crippen LogP contribution is -2.16. The highest BCUT2D eigenvalue weighted by molar-refractivity contribution is 7.25. The molecule has 0 saturated carbocycles. The van der Waals surface area contributed by atoms with Crippen molar-refractivity contribution in [1.82, 2.24) is 0 Å². The first kappa shape index (κ1) is 29.6. The van der Waals surface area contributed by atoms with Gasteiger partial charge in [0.05, 0.1) is 11.1 Å². The van der Waals surface area contributed by atoms with E-state index in [4.69, 9.17) is 4.42 Å². The lowest BCUT2D eigenvalue weighted by molar-refractivity contribution is 0.660.